The molecule has 1 heterocycles. The highest BCUT2D eigenvalue weighted by atomic mass is 35.5. The van der Waals surface area contributed by atoms with Gasteiger partial charge in [0.1, 0.15) is 5.75 Å². The number of hydrogen-bond acceptors (Lipinski definition) is 2. The van der Waals surface area contributed by atoms with Crippen molar-refractivity contribution in [3.63, 3.8) is 0 Å². The highest BCUT2D eigenvalue weighted by molar-refractivity contribution is 5.86. The van der Waals surface area contributed by atoms with E-state index in [4.69, 9.17) is 4.74 Å². The first kappa shape index (κ1) is 21.3. The number of aryl methyl sites for hydroxylation is 1. The summed E-state index contributed by atoms with van der Waals surface area (Å²) in [6.07, 6.45) is 1.02. The molecule has 0 aliphatic carbocycles. The molecule has 3 rings (SSSR count). The molecule has 0 aliphatic heterocycles. The molecule has 3 aromatic rings. The van der Waals surface area contributed by atoms with Crippen LogP contribution < -0.4 is 4.74 Å². The molecular weight excluding hydrogens is 356 g/mol. The summed E-state index contributed by atoms with van der Waals surface area (Å²) in [7, 11) is 1.72. The Morgan fingerprint density at radius 2 is 1.74 bits per heavy atom. The van der Waals surface area contributed by atoms with E-state index in [1.54, 1.807) is 7.11 Å². The summed E-state index contributed by atoms with van der Waals surface area (Å²) in [5.74, 6) is 0.912. The van der Waals surface area contributed by atoms with E-state index in [1.165, 1.54) is 27.7 Å². The van der Waals surface area contributed by atoms with Crippen molar-refractivity contribution in [1.29, 1.82) is 0 Å². The van der Waals surface area contributed by atoms with Gasteiger partial charge in [-0.2, -0.15) is 0 Å². The molecule has 0 radical (unpaired) electrons. The lowest BCUT2D eigenvalue weighted by molar-refractivity contribution is 0.129. The van der Waals surface area contributed by atoms with Gasteiger partial charge >= 0.3 is 0 Å². The fraction of sp³-hybridized carbons (Fsp3) is 0.391. The van der Waals surface area contributed by atoms with Crippen LogP contribution in [0.15, 0.2) is 48.5 Å². The van der Waals surface area contributed by atoms with E-state index in [9.17, 15) is 0 Å². The average molecular weight is 387 g/mol. The largest absolute Gasteiger partial charge is 0.497 e. The molecular formula is C23H31ClN2O. The second kappa shape index (κ2) is 8.81. The molecule has 0 amide bonds. The fourth-order valence-electron chi connectivity index (χ4n) is 3.51. The van der Waals surface area contributed by atoms with Crippen molar-refractivity contribution in [2.24, 2.45) is 0 Å². The van der Waals surface area contributed by atoms with Gasteiger partial charge in [0, 0.05) is 35.2 Å². The molecule has 1 N–H and O–H groups in total. The van der Waals surface area contributed by atoms with Crippen molar-refractivity contribution in [2.75, 3.05) is 13.7 Å². The van der Waals surface area contributed by atoms with Gasteiger partial charge in [-0.1, -0.05) is 30.3 Å². The summed E-state index contributed by atoms with van der Waals surface area (Å²) in [5, 5.41) is 1.27. The zero-order valence-electron chi connectivity index (χ0n) is 17.0. The number of H-pyrrole nitrogens is 1. The third kappa shape index (κ3) is 5.06. The molecule has 0 saturated carbocycles. The van der Waals surface area contributed by atoms with Crippen LogP contribution in [-0.2, 0) is 13.0 Å². The maximum atomic E-state index is 5.42. The Labute approximate surface area is 169 Å². The van der Waals surface area contributed by atoms with E-state index in [-0.39, 0.29) is 17.9 Å². The van der Waals surface area contributed by atoms with Crippen molar-refractivity contribution >= 4 is 23.3 Å². The number of benzene rings is 2. The van der Waals surface area contributed by atoms with E-state index < -0.39 is 0 Å². The van der Waals surface area contributed by atoms with Crippen molar-refractivity contribution in [2.45, 2.75) is 46.2 Å². The van der Waals surface area contributed by atoms with Gasteiger partial charge in [-0.25, -0.2) is 0 Å². The third-order valence-electron chi connectivity index (χ3n) is 5.12. The molecule has 3 nitrogen and oxygen atoms in total. The van der Waals surface area contributed by atoms with Crippen LogP contribution in [0.3, 0.4) is 0 Å². The summed E-state index contributed by atoms with van der Waals surface area (Å²) < 4.78 is 5.42. The van der Waals surface area contributed by atoms with E-state index in [1.807, 2.05) is 6.07 Å². The normalized spacial score (nSPS) is 11.6. The smallest absolute Gasteiger partial charge is 0.119 e. The van der Waals surface area contributed by atoms with Gasteiger partial charge in [-0.3, -0.25) is 4.90 Å². The van der Waals surface area contributed by atoms with Crippen LogP contribution in [-0.4, -0.2) is 29.1 Å². The minimum atomic E-state index is 0. The first-order chi connectivity index (χ1) is 12.4. The lowest BCUT2D eigenvalue weighted by Crippen LogP contribution is -2.42. The van der Waals surface area contributed by atoms with Crippen LogP contribution in [0, 0.1) is 6.92 Å². The van der Waals surface area contributed by atoms with Crippen molar-refractivity contribution < 1.29 is 4.74 Å². The van der Waals surface area contributed by atoms with Crippen LogP contribution in [0.2, 0.25) is 0 Å². The molecule has 0 atom stereocenters. The monoisotopic (exact) mass is 386 g/mol. The molecule has 27 heavy (non-hydrogen) atoms. The Morgan fingerprint density at radius 3 is 2.37 bits per heavy atom. The minimum Gasteiger partial charge on any atom is -0.497 e. The zero-order chi connectivity index (χ0) is 18.7. The summed E-state index contributed by atoms with van der Waals surface area (Å²) >= 11 is 0. The quantitative estimate of drug-likeness (QED) is 0.584. The van der Waals surface area contributed by atoms with Gasteiger partial charge in [-0.15, -0.1) is 12.4 Å². The molecule has 0 bridgehead atoms. The Morgan fingerprint density at radius 1 is 1.04 bits per heavy atom. The molecule has 1 aromatic heterocycles. The lowest BCUT2D eigenvalue weighted by atomic mass is 10.0. The lowest BCUT2D eigenvalue weighted by Gasteiger charge is -2.36. The predicted molar refractivity (Wildman–Crippen MR) is 117 cm³/mol. The van der Waals surface area contributed by atoms with E-state index in [2.05, 4.69) is 80.0 Å². The molecule has 2 aromatic carbocycles. The Bertz CT molecular complexity index is 865. The first-order valence-electron chi connectivity index (χ1n) is 9.32. The van der Waals surface area contributed by atoms with Crippen LogP contribution >= 0.6 is 12.4 Å². The summed E-state index contributed by atoms with van der Waals surface area (Å²) in [6, 6.07) is 17.0. The number of fused-ring (bicyclic) bond motifs is 1. The van der Waals surface area contributed by atoms with E-state index >= 15 is 0 Å². The average Bonchev–Trinajstić information content (AvgIpc) is 2.93. The van der Waals surface area contributed by atoms with Crippen molar-refractivity contribution in [3.8, 4) is 5.75 Å². The molecule has 4 heteroatoms. The van der Waals surface area contributed by atoms with Crippen LogP contribution in [0.1, 0.15) is 37.6 Å². The Balaban J connectivity index is 0.00000261. The standard InChI is InChI=1S/C23H30N2O.ClH/c1-17-20(21-15-19(26-5)11-12-22(21)24-17)13-14-25(23(2,3)4)16-18-9-7-6-8-10-18;/h6-12,15,24H,13-14,16H2,1-5H3;1H. The highest BCUT2D eigenvalue weighted by Crippen LogP contribution is 2.28. The molecule has 0 aliphatic rings. The van der Waals surface area contributed by atoms with Crippen molar-refractivity contribution in [1.82, 2.24) is 9.88 Å². The second-order valence-electron chi connectivity index (χ2n) is 7.97. The SMILES string of the molecule is COc1ccc2[nH]c(C)c(CCN(Cc3ccccc3)C(C)(C)C)c2c1.Cl. The fourth-order valence-corrected chi connectivity index (χ4v) is 3.51. The molecule has 0 saturated heterocycles. The number of aromatic nitrogens is 1. The number of aromatic amines is 1. The second-order valence-corrected chi connectivity index (χ2v) is 7.97. The number of nitrogens with zero attached hydrogens (tertiary/aromatic N) is 1. The highest BCUT2D eigenvalue weighted by Gasteiger charge is 2.22. The molecule has 0 spiro atoms. The summed E-state index contributed by atoms with van der Waals surface area (Å²) in [4.78, 5) is 6.07. The maximum absolute atomic E-state index is 5.42. The first-order valence-corrected chi connectivity index (χ1v) is 9.32. The predicted octanol–water partition coefficient (Wildman–Crippen LogP) is 5.75. The minimum absolute atomic E-state index is 0. The number of nitrogens with one attached hydrogen (secondary N) is 1. The van der Waals surface area contributed by atoms with E-state index in [0.29, 0.717) is 0 Å². The van der Waals surface area contributed by atoms with Gasteiger partial charge in [0.15, 0.2) is 0 Å². The van der Waals surface area contributed by atoms with Gasteiger partial charge < -0.3 is 9.72 Å². The molecule has 0 fully saturated rings. The van der Waals surface area contributed by atoms with Crippen LogP contribution in [0.4, 0.5) is 0 Å². The number of hydrogen-bond donors (Lipinski definition) is 1. The van der Waals surface area contributed by atoms with Crippen LogP contribution in [0.25, 0.3) is 10.9 Å². The zero-order valence-corrected chi connectivity index (χ0v) is 17.8. The number of rotatable bonds is 6. The summed E-state index contributed by atoms with van der Waals surface area (Å²) in [6.45, 7) is 11.0. The van der Waals surface area contributed by atoms with Crippen molar-refractivity contribution in [3.05, 3.63) is 65.4 Å². The number of ether oxygens (including phenoxy) is 1. The van der Waals surface area contributed by atoms with Gasteiger partial charge in [-0.05, 0) is 63.4 Å². The third-order valence-corrected chi connectivity index (χ3v) is 5.12. The molecule has 0 unspecified atom stereocenters. The Hall–Kier alpha value is -1.97. The Kier molecular flexibility index (Phi) is 6.96. The number of halogens is 1. The van der Waals surface area contributed by atoms with Crippen LogP contribution in [0.5, 0.6) is 5.75 Å². The van der Waals surface area contributed by atoms with Gasteiger partial charge in [0.2, 0.25) is 0 Å². The van der Waals surface area contributed by atoms with E-state index in [0.717, 1.165) is 25.3 Å². The topological polar surface area (TPSA) is 28.3 Å². The summed E-state index contributed by atoms with van der Waals surface area (Å²) in [5.41, 5.74) is 5.31. The van der Waals surface area contributed by atoms with Gasteiger partial charge in [0.05, 0.1) is 7.11 Å². The van der Waals surface area contributed by atoms with Gasteiger partial charge in [0.25, 0.3) is 0 Å². The number of methoxy groups -OCH3 is 1. The molecule has 146 valence electrons. The maximum Gasteiger partial charge on any atom is 0.119 e.